The summed E-state index contributed by atoms with van der Waals surface area (Å²) in [5.74, 6) is 1.46. The van der Waals surface area contributed by atoms with E-state index in [0.29, 0.717) is 6.61 Å². The second-order valence-electron chi connectivity index (χ2n) is 6.25. The molecule has 0 radical (unpaired) electrons. The van der Waals surface area contributed by atoms with Crippen molar-refractivity contribution in [2.45, 2.75) is 44.9 Å². The molecular weight excluding hydrogens is 378 g/mol. The Morgan fingerprint density at radius 3 is 2.59 bits per heavy atom. The van der Waals surface area contributed by atoms with E-state index >= 15 is 0 Å². The molecule has 5 nitrogen and oxygen atoms in total. The molecule has 27 heavy (non-hydrogen) atoms. The number of anilines is 1. The van der Waals surface area contributed by atoms with Gasteiger partial charge in [0.2, 0.25) is 5.91 Å². The zero-order valence-electron chi connectivity index (χ0n) is 16.1. The predicted octanol–water partition coefficient (Wildman–Crippen LogP) is 5.13. The number of hydrogen-bond donors (Lipinski definition) is 1. The van der Waals surface area contributed by atoms with Crippen LogP contribution in [0.1, 0.15) is 30.1 Å². The van der Waals surface area contributed by atoms with Crippen LogP contribution in [0.25, 0.3) is 10.2 Å². The van der Waals surface area contributed by atoms with Crippen LogP contribution in [0.3, 0.4) is 0 Å². The van der Waals surface area contributed by atoms with Gasteiger partial charge in [-0.2, -0.15) is 0 Å². The number of fused-ring (bicyclic) bond motifs is 1. The number of nitrogens with zero attached hydrogens (tertiary/aromatic N) is 2. The third-order valence-corrected chi connectivity index (χ3v) is 6.39. The van der Waals surface area contributed by atoms with Gasteiger partial charge in [0.15, 0.2) is 0 Å². The van der Waals surface area contributed by atoms with Crippen molar-refractivity contribution < 1.29 is 9.53 Å². The van der Waals surface area contributed by atoms with Crippen LogP contribution in [0.5, 0.6) is 5.75 Å². The van der Waals surface area contributed by atoms with Crippen LogP contribution in [0, 0.1) is 20.8 Å². The summed E-state index contributed by atoms with van der Waals surface area (Å²) < 4.78 is 5.43. The van der Waals surface area contributed by atoms with Crippen molar-refractivity contribution in [3.05, 3.63) is 40.5 Å². The molecule has 0 saturated heterocycles. The highest BCUT2D eigenvalue weighted by atomic mass is 32.2. The first-order valence-electron chi connectivity index (χ1n) is 8.83. The smallest absolute Gasteiger partial charge is 0.237 e. The lowest BCUT2D eigenvalue weighted by molar-refractivity contribution is -0.115. The Bertz CT molecular complexity index is 968. The molecule has 0 fully saturated rings. The highest BCUT2D eigenvalue weighted by Gasteiger charge is 2.20. The van der Waals surface area contributed by atoms with Gasteiger partial charge in [0, 0.05) is 16.0 Å². The number of amides is 1. The lowest BCUT2D eigenvalue weighted by atomic mass is 10.2. The standard InChI is InChI=1S/C20H23N3O2S2/c1-6-25-16-9-7-15(8-10-16)23-18(24)13(4)27-20-17-11(2)12(3)26-19(17)21-14(5)22-20/h7-10,13H,6H2,1-5H3,(H,23,24)/t13-/m0/s1. The van der Waals surface area contributed by atoms with Gasteiger partial charge in [-0.3, -0.25) is 4.79 Å². The molecule has 0 bridgehead atoms. The number of rotatable bonds is 6. The van der Waals surface area contributed by atoms with E-state index in [-0.39, 0.29) is 11.2 Å². The molecule has 0 aliphatic carbocycles. The number of carbonyl (C=O) groups is 1. The third kappa shape index (κ3) is 4.42. The number of nitrogens with one attached hydrogen (secondary N) is 1. The molecule has 1 N–H and O–H groups in total. The van der Waals surface area contributed by atoms with Gasteiger partial charge >= 0.3 is 0 Å². The van der Waals surface area contributed by atoms with Crippen molar-refractivity contribution in [2.75, 3.05) is 11.9 Å². The number of ether oxygens (including phenoxy) is 1. The van der Waals surface area contributed by atoms with Crippen molar-refractivity contribution in [3.63, 3.8) is 0 Å². The van der Waals surface area contributed by atoms with Crippen LogP contribution in [-0.4, -0.2) is 27.7 Å². The van der Waals surface area contributed by atoms with Crippen LogP contribution in [0.2, 0.25) is 0 Å². The molecule has 7 heteroatoms. The monoisotopic (exact) mass is 401 g/mol. The Hall–Kier alpha value is -2.12. The minimum absolute atomic E-state index is 0.0572. The minimum atomic E-state index is -0.284. The number of aromatic nitrogens is 2. The van der Waals surface area contributed by atoms with Gasteiger partial charge in [-0.15, -0.1) is 11.3 Å². The molecule has 1 atom stereocenters. The Balaban J connectivity index is 1.76. The van der Waals surface area contributed by atoms with E-state index in [2.05, 4.69) is 29.1 Å². The lowest BCUT2D eigenvalue weighted by Crippen LogP contribution is -2.22. The molecule has 1 aromatic carbocycles. The summed E-state index contributed by atoms with van der Waals surface area (Å²) in [7, 11) is 0. The molecule has 1 amide bonds. The zero-order valence-corrected chi connectivity index (χ0v) is 17.8. The maximum absolute atomic E-state index is 12.6. The Morgan fingerprint density at radius 1 is 1.22 bits per heavy atom. The molecule has 0 unspecified atom stereocenters. The van der Waals surface area contributed by atoms with Gasteiger partial charge in [0.25, 0.3) is 0 Å². The Morgan fingerprint density at radius 2 is 1.93 bits per heavy atom. The van der Waals surface area contributed by atoms with Crippen molar-refractivity contribution >= 4 is 44.9 Å². The van der Waals surface area contributed by atoms with E-state index < -0.39 is 0 Å². The minimum Gasteiger partial charge on any atom is -0.494 e. The van der Waals surface area contributed by atoms with Gasteiger partial charge < -0.3 is 10.1 Å². The quantitative estimate of drug-likeness (QED) is 0.458. The van der Waals surface area contributed by atoms with Crippen LogP contribution >= 0.6 is 23.1 Å². The first-order chi connectivity index (χ1) is 12.9. The first-order valence-corrected chi connectivity index (χ1v) is 10.5. The van der Waals surface area contributed by atoms with Crippen LogP contribution < -0.4 is 10.1 Å². The molecule has 0 aliphatic heterocycles. The SMILES string of the molecule is CCOc1ccc(NC(=O)[C@H](C)Sc2nc(C)nc3sc(C)c(C)c23)cc1. The molecule has 2 heterocycles. The largest absolute Gasteiger partial charge is 0.494 e. The number of benzene rings is 1. The van der Waals surface area contributed by atoms with Gasteiger partial charge in [0.05, 0.1) is 11.9 Å². The third-order valence-electron chi connectivity index (χ3n) is 4.20. The fourth-order valence-electron chi connectivity index (χ4n) is 2.67. The van der Waals surface area contributed by atoms with E-state index in [9.17, 15) is 4.79 Å². The summed E-state index contributed by atoms with van der Waals surface area (Å²) in [5.41, 5.74) is 1.94. The normalized spacial score (nSPS) is 12.2. The summed E-state index contributed by atoms with van der Waals surface area (Å²) in [6, 6.07) is 7.40. The maximum Gasteiger partial charge on any atom is 0.237 e. The van der Waals surface area contributed by atoms with Crippen molar-refractivity contribution in [1.29, 1.82) is 0 Å². The fourth-order valence-corrected chi connectivity index (χ4v) is 4.86. The first kappa shape index (κ1) is 19.6. The van der Waals surface area contributed by atoms with E-state index in [1.807, 2.05) is 45.0 Å². The van der Waals surface area contributed by atoms with E-state index in [4.69, 9.17) is 4.74 Å². The van der Waals surface area contributed by atoms with Crippen molar-refractivity contribution in [2.24, 2.45) is 0 Å². The summed E-state index contributed by atoms with van der Waals surface area (Å²) >= 11 is 3.15. The molecule has 3 rings (SSSR count). The van der Waals surface area contributed by atoms with E-state index in [0.717, 1.165) is 32.5 Å². The highest BCUT2D eigenvalue weighted by Crippen LogP contribution is 2.36. The van der Waals surface area contributed by atoms with Gasteiger partial charge in [-0.25, -0.2) is 9.97 Å². The van der Waals surface area contributed by atoms with Crippen molar-refractivity contribution in [3.8, 4) is 5.75 Å². The molecule has 142 valence electrons. The molecule has 0 aliphatic rings. The molecule has 3 aromatic rings. The highest BCUT2D eigenvalue weighted by molar-refractivity contribution is 8.00. The molecule has 2 aromatic heterocycles. The van der Waals surface area contributed by atoms with Gasteiger partial charge in [0.1, 0.15) is 21.4 Å². The average molecular weight is 402 g/mol. The van der Waals surface area contributed by atoms with Gasteiger partial charge in [-0.05, 0) is 64.4 Å². The summed E-state index contributed by atoms with van der Waals surface area (Å²) in [4.78, 5) is 24.0. The number of aryl methyl sites for hydroxylation is 3. The number of thiophene rings is 1. The zero-order chi connectivity index (χ0) is 19.6. The number of carbonyl (C=O) groups excluding carboxylic acids is 1. The summed E-state index contributed by atoms with van der Waals surface area (Å²) in [6.07, 6.45) is 0. The second-order valence-corrected chi connectivity index (χ2v) is 8.78. The van der Waals surface area contributed by atoms with Crippen LogP contribution in [0.4, 0.5) is 5.69 Å². The second kappa shape index (κ2) is 8.27. The van der Waals surface area contributed by atoms with Crippen LogP contribution in [-0.2, 0) is 4.79 Å². The Kier molecular flexibility index (Phi) is 6.01. The van der Waals surface area contributed by atoms with Gasteiger partial charge in [-0.1, -0.05) is 11.8 Å². The fraction of sp³-hybridized carbons (Fsp3) is 0.350. The molecule has 0 saturated carbocycles. The number of thioether (sulfide) groups is 1. The average Bonchev–Trinajstić information content (AvgIpc) is 2.90. The Labute approximate surface area is 167 Å². The maximum atomic E-state index is 12.6. The van der Waals surface area contributed by atoms with E-state index in [1.165, 1.54) is 22.2 Å². The van der Waals surface area contributed by atoms with E-state index in [1.54, 1.807) is 11.3 Å². The molecular formula is C20H23N3O2S2. The summed E-state index contributed by atoms with van der Waals surface area (Å²) in [6.45, 7) is 10.5. The van der Waals surface area contributed by atoms with Crippen LogP contribution in [0.15, 0.2) is 29.3 Å². The molecule has 0 spiro atoms. The van der Waals surface area contributed by atoms with Crippen molar-refractivity contribution in [1.82, 2.24) is 9.97 Å². The lowest BCUT2D eigenvalue weighted by Gasteiger charge is -2.13. The topological polar surface area (TPSA) is 64.1 Å². The summed E-state index contributed by atoms with van der Waals surface area (Å²) in [5, 5.41) is 4.61. The number of hydrogen-bond acceptors (Lipinski definition) is 6. The predicted molar refractivity (Wildman–Crippen MR) is 113 cm³/mol.